The average Bonchev–Trinajstić information content (AvgIpc) is 2.47. The number of benzene rings is 1. The third-order valence-corrected chi connectivity index (χ3v) is 2.89. The number of carbonyl (C=O) groups excluding carboxylic acids is 3. The van der Waals surface area contributed by atoms with E-state index in [-0.39, 0.29) is 25.9 Å². The van der Waals surface area contributed by atoms with E-state index in [1.54, 1.807) is 6.92 Å². The normalized spacial score (nSPS) is 11.5. The number of nitrogens with one attached hydrogen (secondary N) is 1. The molecule has 1 aromatic rings. The molecule has 0 aliphatic carbocycles. The summed E-state index contributed by atoms with van der Waals surface area (Å²) in [5.41, 5.74) is 5.91. The van der Waals surface area contributed by atoms with Gasteiger partial charge in [-0.3, -0.25) is 14.4 Å². The molecule has 0 saturated carbocycles. The summed E-state index contributed by atoms with van der Waals surface area (Å²) in [6.45, 7) is 1.92. The Labute approximate surface area is 127 Å². The smallest absolute Gasteiger partial charge is 0.306 e. The lowest BCUT2D eigenvalue weighted by Gasteiger charge is -2.15. The van der Waals surface area contributed by atoms with Crippen LogP contribution in [-0.4, -0.2) is 30.4 Å². The number of nitrogens with two attached hydrogens (primary N) is 1. The van der Waals surface area contributed by atoms with Gasteiger partial charge in [-0.2, -0.15) is 0 Å². The van der Waals surface area contributed by atoms with Gasteiger partial charge in [0.1, 0.15) is 11.9 Å². The van der Waals surface area contributed by atoms with Crippen LogP contribution in [0.2, 0.25) is 0 Å². The summed E-state index contributed by atoms with van der Waals surface area (Å²) in [6.07, 6.45) is -0.00546. The minimum atomic E-state index is -0.917. The molecule has 22 heavy (non-hydrogen) atoms. The number of esters is 1. The van der Waals surface area contributed by atoms with Crippen LogP contribution in [0.25, 0.3) is 0 Å². The topological polar surface area (TPSA) is 98.5 Å². The van der Waals surface area contributed by atoms with Crippen LogP contribution in [0, 0.1) is 5.82 Å². The maximum atomic E-state index is 12.8. The van der Waals surface area contributed by atoms with Gasteiger partial charge in [0.15, 0.2) is 0 Å². The Balaban J connectivity index is 2.53. The van der Waals surface area contributed by atoms with E-state index in [0.29, 0.717) is 5.56 Å². The van der Waals surface area contributed by atoms with Crippen molar-refractivity contribution in [2.24, 2.45) is 5.73 Å². The first-order valence-electron chi connectivity index (χ1n) is 6.91. The Bertz CT molecular complexity index is 531. The van der Waals surface area contributed by atoms with Crippen LogP contribution >= 0.6 is 0 Å². The van der Waals surface area contributed by atoms with E-state index in [1.165, 1.54) is 24.3 Å². The molecule has 0 aliphatic heterocycles. The van der Waals surface area contributed by atoms with Crippen molar-refractivity contribution in [1.82, 2.24) is 5.32 Å². The zero-order chi connectivity index (χ0) is 16.5. The molecule has 0 aliphatic rings. The minimum absolute atomic E-state index is 0.0678. The molecule has 1 aromatic carbocycles. The first-order chi connectivity index (χ1) is 10.4. The average molecular weight is 310 g/mol. The second-order valence-electron chi connectivity index (χ2n) is 4.66. The fourth-order valence-electron chi connectivity index (χ4n) is 1.79. The number of hydrogen-bond donors (Lipinski definition) is 2. The highest BCUT2D eigenvalue weighted by Gasteiger charge is 2.19. The summed E-state index contributed by atoms with van der Waals surface area (Å²) < 4.78 is 17.5. The third kappa shape index (κ3) is 6.34. The molecule has 120 valence electrons. The van der Waals surface area contributed by atoms with Crippen molar-refractivity contribution in [3.8, 4) is 0 Å². The molecule has 2 amide bonds. The summed E-state index contributed by atoms with van der Waals surface area (Å²) in [5, 5.41) is 2.46. The number of carbonyl (C=O) groups is 3. The lowest BCUT2D eigenvalue weighted by Crippen LogP contribution is -2.45. The second-order valence-corrected chi connectivity index (χ2v) is 4.66. The van der Waals surface area contributed by atoms with Gasteiger partial charge in [0.25, 0.3) is 0 Å². The molecular weight excluding hydrogens is 291 g/mol. The van der Waals surface area contributed by atoms with Crippen LogP contribution in [-0.2, 0) is 25.5 Å². The number of rotatable bonds is 8. The molecule has 3 N–H and O–H groups in total. The lowest BCUT2D eigenvalue weighted by molar-refractivity contribution is -0.144. The van der Waals surface area contributed by atoms with Gasteiger partial charge in [0.2, 0.25) is 11.8 Å². The van der Waals surface area contributed by atoms with Crippen LogP contribution in [0.5, 0.6) is 0 Å². The standard InChI is InChI=1S/C15H19FN2O4/c1-2-22-14(20)8-7-13(19)18-12(15(17)21)9-10-3-5-11(16)6-4-10/h3-6,12H,2,7-9H2,1H3,(H2,17,21)(H,18,19)/t12-/m0/s1. The van der Waals surface area contributed by atoms with Crippen molar-refractivity contribution in [2.75, 3.05) is 6.61 Å². The van der Waals surface area contributed by atoms with Gasteiger partial charge in [-0.05, 0) is 24.6 Å². The van der Waals surface area contributed by atoms with Gasteiger partial charge in [-0.1, -0.05) is 12.1 Å². The van der Waals surface area contributed by atoms with Gasteiger partial charge in [-0.25, -0.2) is 4.39 Å². The largest absolute Gasteiger partial charge is 0.466 e. The van der Waals surface area contributed by atoms with Gasteiger partial charge in [0.05, 0.1) is 13.0 Å². The van der Waals surface area contributed by atoms with E-state index < -0.39 is 29.6 Å². The van der Waals surface area contributed by atoms with Crippen molar-refractivity contribution in [1.29, 1.82) is 0 Å². The van der Waals surface area contributed by atoms with Crippen molar-refractivity contribution in [3.05, 3.63) is 35.6 Å². The molecule has 0 heterocycles. The first-order valence-corrected chi connectivity index (χ1v) is 6.91. The number of hydrogen-bond acceptors (Lipinski definition) is 4. The Morgan fingerprint density at radius 1 is 1.23 bits per heavy atom. The van der Waals surface area contributed by atoms with E-state index in [2.05, 4.69) is 5.32 Å². The van der Waals surface area contributed by atoms with E-state index in [1.807, 2.05) is 0 Å². The molecule has 0 bridgehead atoms. The Morgan fingerprint density at radius 3 is 2.41 bits per heavy atom. The van der Waals surface area contributed by atoms with E-state index in [4.69, 9.17) is 10.5 Å². The number of primary amides is 1. The molecule has 0 saturated heterocycles. The molecule has 1 rings (SSSR count). The molecule has 0 unspecified atom stereocenters. The lowest BCUT2D eigenvalue weighted by atomic mass is 10.1. The molecule has 0 fully saturated rings. The summed E-state index contributed by atoms with van der Waals surface area (Å²) in [4.78, 5) is 34.3. The highest BCUT2D eigenvalue weighted by molar-refractivity contribution is 5.88. The monoisotopic (exact) mass is 310 g/mol. The van der Waals surface area contributed by atoms with E-state index in [0.717, 1.165) is 0 Å². The first kappa shape index (κ1) is 17.6. The quantitative estimate of drug-likeness (QED) is 0.690. The predicted molar refractivity (Wildman–Crippen MR) is 77.1 cm³/mol. The van der Waals surface area contributed by atoms with E-state index in [9.17, 15) is 18.8 Å². The Morgan fingerprint density at radius 2 is 1.86 bits per heavy atom. The SMILES string of the molecule is CCOC(=O)CCC(=O)N[C@@H](Cc1ccc(F)cc1)C(N)=O. The van der Waals surface area contributed by atoms with Crippen LogP contribution < -0.4 is 11.1 Å². The maximum absolute atomic E-state index is 12.8. The number of ether oxygens (including phenoxy) is 1. The summed E-state index contributed by atoms with van der Waals surface area (Å²) in [7, 11) is 0. The highest BCUT2D eigenvalue weighted by atomic mass is 19.1. The minimum Gasteiger partial charge on any atom is -0.466 e. The van der Waals surface area contributed by atoms with Crippen LogP contribution in [0.1, 0.15) is 25.3 Å². The van der Waals surface area contributed by atoms with E-state index >= 15 is 0 Å². The summed E-state index contributed by atoms with van der Waals surface area (Å²) in [6, 6.07) is 4.62. The van der Waals surface area contributed by atoms with Gasteiger partial charge < -0.3 is 15.8 Å². The summed E-state index contributed by atoms with van der Waals surface area (Å²) >= 11 is 0. The molecule has 6 nitrogen and oxygen atoms in total. The fraction of sp³-hybridized carbons (Fsp3) is 0.400. The zero-order valence-electron chi connectivity index (χ0n) is 12.3. The fourth-order valence-corrected chi connectivity index (χ4v) is 1.79. The Kier molecular flexibility index (Phi) is 7.01. The zero-order valence-corrected chi connectivity index (χ0v) is 12.3. The van der Waals surface area contributed by atoms with Crippen molar-refractivity contribution >= 4 is 17.8 Å². The molecular formula is C15H19FN2O4. The van der Waals surface area contributed by atoms with Crippen molar-refractivity contribution in [2.45, 2.75) is 32.2 Å². The predicted octanol–water partition coefficient (Wildman–Crippen LogP) is 0.682. The second kappa shape index (κ2) is 8.76. The summed E-state index contributed by atoms with van der Waals surface area (Å²) in [5.74, 6) is -2.04. The van der Waals surface area contributed by atoms with Crippen molar-refractivity contribution < 1.29 is 23.5 Å². The molecule has 0 aromatic heterocycles. The van der Waals surface area contributed by atoms with Crippen LogP contribution in [0.4, 0.5) is 4.39 Å². The Hall–Kier alpha value is -2.44. The van der Waals surface area contributed by atoms with Crippen LogP contribution in [0.15, 0.2) is 24.3 Å². The molecule has 0 spiro atoms. The molecule has 0 radical (unpaired) electrons. The van der Waals surface area contributed by atoms with Gasteiger partial charge >= 0.3 is 5.97 Å². The number of halogens is 1. The highest BCUT2D eigenvalue weighted by Crippen LogP contribution is 2.06. The number of amides is 2. The van der Waals surface area contributed by atoms with Crippen LogP contribution in [0.3, 0.4) is 0 Å². The van der Waals surface area contributed by atoms with Crippen molar-refractivity contribution in [3.63, 3.8) is 0 Å². The maximum Gasteiger partial charge on any atom is 0.306 e. The van der Waals surface area contributed by atoms with Gasteiger partial charge in [-0.15, -0.1) is 0 Å². The molecule has 7 heteroatoms. The third-order valence-electron chi connectivity index (χ3n) is 2.89. The van der Waals surface area contributed by atoms with Gasteiger partial charge in [0, 0.05) is 12.8 Å². The molecule has 1 atom stereocenters.